The SMILES string of the molecule is Cc1ccc(CNC(=O)C(=O)Nc2ccccc2F)cc1. The number of hydrogen-bond donors (Lipinski definition) is 2. The summed E-state index contributed by atoms with van der Waals surface area (Å²) in [7, 11) is 0. The lowest BCUT2D eigenvalue weighted by molar-refractivity contribution is -0.136. The molecule has 0 aliphatic rings. The number of aryl methyl sites for hydroxylation is 1. The van der Waals surface area contributed by atoms with Gasteiger partial charge in [0.15, 0.2) is 0 Å². The molecule has 0 fully saturated rings. The van der Waals surface area contributed by atoms with Gasteiger partial charge in [-0.3, -0.25) is 9.59 Å². The molecule has 5 heteroatoms. The van der Waals surface area contributed by atoms with Crippen molar-refractivity contribution < 1.29 is 14.0 Å². The monoisotopic (exact) mass is 286 g/mol. The highest BCUT2D eigenvalue weighted by molar-refractivity contribution is 6.39. The number of benzene rings is 2. The summed E-state index contributed by atoms with van der Waals surface area (Å²) in [6.07, 6.45) is 0. The van der Waals surface area contributed by atoms with Crippen LogP contribution in [0.2, 0.25) is 0 Å². The Kier molecular flexibility index (Phi) is 4.66. The van der Waals surface area contributed by atoms with Crippen LogP contribution in [0.1, 0.15) is 11.1 Å². The van der Waals surface area contributed by atoms with E-state index in [1.54, 1.807) is 6.07 Å². The van der Waals surface area contributed by atoms with Gasteiger partial charge in [-0.25, -0.2) is 4.39 Å². The molecule has 2 rings (SSSR count). The summed E-state index contributed by atoms with van der Waals surface area (Å²) >= 11 is 0. The maximum absolute atomic E-state index is 13.4. The third kappa shape index (κ3) is 4.14. The molecule has 0 spiro atoms. The molecule has 0 unspecified atom stereocenters. The maximum Gasteiger partial charge on any atom is 0.313 e. The quantitative estimate of drug-likeness (QED) is 0.851. The van der Waals surface area contributed by atoms with Gasteiger partial charge in [-0.05, 0) is 24.6 Å². The van der Waals surface area contributed by atoms with E-state index in [1.807, 2.05) is 31.2 Å². The Labute approximate surface area is 122 Å². The topological polar surface area (TPSA) is 58.2 Å². The molecule has 0 aliphatic heterocycles. The third-order valence-electron chi connectivity index (χ3n) is 2.90. The highest BCUT2D eigenvalue weighted by Crippen LogP contribution is 2.11. The molecule has 0 aliphatic carbocycles. The number of rotatable bonds is 3. The van der Waals surface area contributed by atoms with Crippen molar-refractivity contribution in [2.75, 3.05) is 5.32 Å². The number of carbonyl (C=O) groups is 2. The average molecular weight is 286 g/mol. The number of amides is 2. The predicted octanol–water partition coefficient (Wildman–Crippen LogP) is 2.39. The van der Waals surface area contributed by atoms with Crippen molar-refractivity contribution in [3.05, 3.63) is 65.5 Å². The lowest BCUT2D eigenvalue weighted by atomic mass is 10.1. The molecule has 0 saturated heterocycles. The summed E-state index contributed by atoms with van der Waals surface area (Å²) in [5.74, 6) is -2.29. The zero-order valence-corrected chi connectivity index (χ0v) is 11.5. The molecule has 108 valence electrons. The van der Waals surface area contributed by atoms with E-state index < -0.39 is 17.6 Å². The Bertz CT molecular complexity index is 654. The second kappa shape index (κ2) is 6.65. The van der Waals surface area contributed by atoms with Crippen molar-refractivity contribution in [3.8, 4) is 0 Å². The van der Waals surface area contributed by atoms with E-state index in [-0.39, 0.29) is 12.2 Å². The van der Waals surface area contributed by atoms with Gasteiger partial charge in [0, 0.05) is 6.54 Å². The van der Waals surface area contributed by atoms with Crippen molar-refractivity contribution in [1.29, 1.82) is 0 Å². The van der Waals surface area contributed by atoms with Crippen LogP contribution in [0.15, 0.2) is 48.5 Å². The first-order valence-corrected chi connectivity index (χ1v) is 6.45. The Morgan fingerprint density at radius 2 is 1.67 bits per heavy atom. The van der Waals surface area contributed by atoms with E-state index >= 15 is 0 Å². The van der Waals surface area contributed by atoms with Crippen LogP contribution in [-0.2, 0) is 16.1 Å². The van der Waals surface area contributed by atoms with E-state index in [0.717, 1.165) is 11.1 Å². The van der Waals surface area contributed by atoms with Gasteiger partial charge in [0.2, 0.25) is 0 Å². The number of para-hydroxylation sites is 1. The van der Waals surface area contributed by atoms with Gasteiger partial charge < -0.3 is 10.6 Å². The van der Waals surface area contributed by atoms with Crippen LogP contribution in [0, 0.1) is 12.7 Å². The average Bonchev–Trinajstić information content (AvgIpc) is 2.48. The van der Waals surface area contributed by atoms with Crippen LogP contribution in [0.4, 0.5) is 10.1 Å². The van der Waals surface area contributed by atoms with Crippen LogP contribution >= 0.6 is 0 Å². The molecule has 2 aromatic rings. The Morgan fingerprint density at radius 3 is 2.33 bits per heavy atom. The minimum Gasteiger partial charge on any atom is -0.344 e. The molecule has 2 aromatic carbocycles. The van der Waals surface area contributed by atoms with E-state index in [2.05, 4.69) is 10.6 Å². The number of halogens is 1. The fourth-order valence-corrected chi connectivity index (χ4v) is 1.71. The molecule has 21 heavy (non-hydrogen) atoms. The fraction of sp³-hybridized carbons (Fsp3) is 0.125. The molecule has 0 aromatic heterocycles. The van der Waals surface area contributed by atoms with Crippen LogP contribution in [-0.4, -0.2) is 11.8 Å². The van der Waals surface area contributed by atoms with Crippen LogP contribution in [0.5, 0.6) is 0 Å². The largest absolute Gasteiger partial charge is 0.344 e. The fourth-order valence-electron chi connectivity index (χ4n) is 1.71. The Hall–Kier alpha value is -2.69. The van der Waals surface area contributed by atoms with Gasteiger partial charge in [-0.15, -0.1) is 0 Å². The van der Waals surface area contributed by atoms with Crippen molar-refractivity contribution in [2.24, 2.45) is 0 Å². The molecule has 2 amide bonds. The highest BCUT2D eigenvalue weighted by Gasteiger charge is 2.14. The number of anilines is 1. The summed E-state index contributed by atoms with van der Waals surface area (Å²) < 4.78 is 13.4. The summed E-state index contributed by atoms with van der Waals surface area (Å²) in [6, 6.07) is 13.2. The lowest BCUT2D eigenvalue weighted by Crippen LogP contribution is -2.35. The summed E-state index contributed by atoms with van der Waals surface area (Å²) in [5, 5.41) is 4.71. The number of hydrogen-bond acceptors (Lipinski definition) is 2. The summed E-state index contributed by atoms with van der Waals surface area (Å²) in [4.78, 5) is 23.3. The Morgan fingerprint density at radius 1 is 1.00 bits per heavy atom. The van der Waals surface area contributed by atoms with Gasteiger partial charge in [-0.1, -0.05) is 42.0 Å². The van der Waals surface area contributed by atoms with E-state index in [1.165, 1.54) is 18.2 Å². The van der Waals surface area contributed by atoms with Gasteiger partial charge in [-0.2, -0.15) is 0 Å². The standard InChI is InChI=1S/C16H15FN2O2/c1-11-6-8-12(9-7-11)10-18-15(20)16(21)19-14-5-3-2-4-13(14)17/h2-9H,10H2,1H3,(H,18,20)(H,19,21). The first-order valence-electron chi connectivity index (χ1n) is 6.45. The van der Waals surface area contributed by atoms with Crippen molar-refractivity contribution in [3.63, 3.8) is 0 Å². The number of carbonyl (C=O) groups excluding carboxylic acids is 2. The molecular weight excluding hydrogens is 271 g/mol. The van der Waals surface area contributed by atoms with Crippen molar-refractivity contribution in [1.82, 2.24) is 5.32 Å². The molecule has 0 saturated carbocycles. The van der Waals surface area contributed by atoms with Crippen molar-refractivity contribution >= 4 is 17.5 Å². The summed E-state index contributed by atoms with van der Waals surface area (Å²) in [6.45, 7) is 2.20. The minimum absolute atomic E-state index is 0.0204. The molecule has 0 radical (unpaired) electrons. The second-order valence-corrected chi connectivity index (χ2v) is 4.60. The molecular formula is C16H15FN2O2. The zero-order chi connectivity index (χ0) is 15.2. The lowest BCUT2D eigenvalue weighted by Gasteiger charge is -2.07. The van der Waals surface area contributed by atoms with Crippen LogP contribution in [0.25, 0.3) is 0 Å². The van der Waals surface area contributed by atoms with Gasteiger partial charge in [0.1, 0.15) is 5.82 Å². The molecule has 0 bridgehead atoms. The molecule has 2 N–H and O–H groups in total. The van der Waals surface area contributed by atoms with E-state index in [0.29, 0.717) is 0 Å². The highest BCUT2D eigenvalue weighted by atomic mass is 19.1. The molecule has 0 atom stereocenters. The minimum atomic E-state index is -0.896. The summed E-state index contributed by atoms with van der Waals surface area (Å²) in [5.41, 5.74) is 1.97. The molecule has 0 heterocycles. The Balaban J connectivity index is 1.90. The second-order valence-electron chi connectivity index (χ2n) is 4.60. The first kappa shape index (κ1) is 14.7. The van der Waals surface area contributed by atoms with Gasteiger partial charge in [0.05, 0.1) is 5.69 Å². The van der Waals surface area contributed by atoms with E-state index in [9.17, 15) is 14.0 Å². The normalized spacial score (nSPS) is 10.0. The van der Waals surface area contributed by atoms with Crippen molar-refractivity contribution in [2.45, 2.75) is 13.5 Å². The predicted molar refractivity (Wildman–Crippen MR) is 78.1 cm³/mol. The number of nitrogens with one attached hydrogen (secondary N) is 2. The maximum atomic E-state index is 13.4. The van der Waals surface area contributed by atoms with Crippen LogP contribution in [0.3, 0.4) is 0 Å². The van der Waals surface area contributed by atoms with Gasteiger partial charge in [0.25, 0.3) is 0 Å². The smallest absolute Gasteiger partial charge is 0.313 e. The van der Waals surface area contributed by atoms with E-state index in [4.69, 9.17) is 0 Å². The van der Waals surface area contributed by atoms with Crippen LogP contribution < -0.4 is 10.6 Å². The van der Waals surface area contributed by atoms with Gasteiger partial charge >= 0.3 is 11.8 Å². The first-order chi connectivity index (χ1) is 10.1. The third-order valence-corrected chi connectivity index (χ3v) is 2.90. The molecule has 4 nitrogen and oxygen atoms in total. The zero-order valence-electron chi connectivity index (χ0n) is 11.5.